The predicted octanol–water partition coefficient (Wildman–Crippen LogP) is 2.28. The number of fused-ring (bicyclic) bond motifs is 1. The van der Waals surface area contributed by atoms with E-state index in [4.69, 9.17) is 4.74 Å². The summed E-state index contributed by atoms with van der Waals surface area (Å²) in [6.45, 7) is 1.99. The van der Waals surface area contributed by atoms with E-state index in [2.05, 4.69) is 20.4 Å². The Kier molecular flexibility index (Phi) is 7.36. The molecular weight excluding hydrogens is 515 g/mol. The summed E-state index contributed by atoms with van der Waals surface area (Å²) in [5, 5.41) is 8.09. The first-order chi connectivity index (χ1) is 17.5. The number of carbonyl (C=O) groups is 1. The number of aryl methyl sites for hydroxylation is 1. The summed E-state index contributed by atoms with van der Waals surface area (Å²) in [6.07, 6.45) is 4.60. The van der Waals surface area contributed by atoms with Crippen molar-refractivity contribution in [3.63, 3.8) is 0 Å². The van der Waals surface area contributed by atoms with E-state index in [1.54, 1.807) is 48.2 Å². The highest BCUT2D eigenvalue weighted by atomic mass is 32.2. The number of hydrogen-bond donors (Lipinski definition) is 1. The summed E-state index contributed by atoms with van der Waals surface area (Å²) in [7, 11) is -3.90. The number of sulfonamides is 1. The fraction of sp³-hybridized carbons (Fsp3) is 0.364. The van der Waals surface area contributed by atoms with Crippen LogP contribution in [0.1, 0.15) is 34.2 Å². The van der Waals surface area contributed by atoms with Gasteiger partial charge >= 0.3 is 15.5 Å². The monoisotopic (exact) mass is 539 g/mol. The number of amides is 1. The third-order valence-electron chi connectivity index (χ3n) is 5.61. The van der Waals surface area contributed by atoms with E-state index in [1.807, 2.05) is 6.92 Å². The molecule has 15 heteroatoms. The van der Waals surface area contributed by atoms with Crippen LogP contribution in [0.5, 0.6) is 0 Å². The van der Waals surface area contributed by atoms with Gasteiger partial charge in [-0.05, 0) is 24.1 Å². The minimum atomic E-state index is -5.47. The zero-order chi connectivity index (χ0) is 26.8. The van der Waals surface area contributed by atoms with Crippen molar-refractivity contribution in [2.24, 2.45) is 5.10 Å². The minimum Gasteiger partial charge on any atom is -0.380 e. The molecule has 0 bridgehead atoms. The van der Waals surface area contributed by atoms with Gasteiger partial charge in [-0.1, -0.05) is 19.1 Å². The largest absolute Gasteiger partial charge is 0.516 e. The van der Waals surface area contributed by atoms with Crippen LogP contribution in [0.3, 0.4) is 0 Å². The molecule has 0 saturated heterocycles. The first-order valence-corrected chi connectivity index (χ1v) is 12.6. The Balaban J connectivity index is 1.43. The molecule has 4 rings (SSSR count). The minimum absolute atomic E-state index is 0.0604. The van der Waals surface area contributed by atoms with E-state index in [0.29, 0.717) is 42.2 Å². The Labute approximate surface area is 210 Å². The highest BCUT2D eigenvalue weighted by Gasteiger charge is 2.50. The summed E-state index contributed by atoms with van der Waals surface area (Å²) < 4.78 is 68.1. The molecule has 3 heterocycles. The number of benzene rings is 1. The molecule has 0 radical (unpaired) electrons. The Hall–Kier alpha value is -3.72. The van der Waals surface area contributed by atoms with Crippen LogP contribution in [0.2, 0.25) is 0 Å². The van der Waals surface area contributed by atoms with Gasteiger partial charge in [0, 0.05) is 31.6 Å². The van der Waals surface area contributed by atoms with Gasteiger partial charge in [0.15, 0.2) is 0 Å². The number of methoxy groups -OCH3 is 1. The Morgan fingerprint density at radius 1 is 1.16 bits per heavy atom. The van der Waals surface area contributed by atoms with Crippen molar-refractivity contribution in [3.8, 4) is 0 Å². The molecule has 0 aliphatic carbocycles. The first kappa shape index (κ1) is 26.3. The third kappa shape index (κ3) is 5.36. The number of hydrogen-bond acceptors (Lipinski definition) is 8. The number of hydrazone groups is 1. The van der Waals surface area contributed by atoms with Crippen molar-refractivity contribution < 1.29 is 31.1 Å². The van der Waals surface area contributed by atoms with E-state index in [1.165, 1.54) is 5.01 Å². The number of anilines is 1. The van der Waals surface area contributed by atoms with Crippen molar-refractivity contribution in [1.29, 1.82) is 0 Å². The molecule has 0 atom stereocenters. The lowest BCUT2D eigenvalue weighted by molar-refractivity contribution is -0.0471. The quantitative estimate of drug-likeness (QED) is 0.466. The van der Waals surface area contributed by atoms with Crippen molar-refractivity contribution in [1.82, 2.24) is 24.0 Å². The summed E-state index contributed by atoms with van der Waals surface area (Å²) >= 11 is 0. The molecule has 198 valence electrons. The lowest BCUT2D eigenvalue weighted by Gasteiger charge is -2.29. The van der Waals surface area contributed by atoms with Gasteiger partial charge in [-0.3, -0.25) is 14.2 Å². The van der Waals surface area contributed by atoms with Crippen LogP contribution >= 0.6 is 0 Å². The van der Waals surface area contributed by atoms with E-state index >= 15 is 0 Å². The maximum absolute atomic E-state index is 13.0. The van der Waals surface area contributed by atoms with Gasteiger partial charge in [0.2, 0.25) is 5.78 Å². The number of halogens is 3. The van der Waals surface area contributed by atoms with Crippen molar-refractivity contribution in [3.05, 3.63) is 59.2 Å². The van der Waals surface area contributed by atoms with E-state index in [-0.39, 0.29) is 23.3 Å². The van der Waals surface area contributed by atoms with Gasteiger partial charge in [0.1, 0.15) is 12.0 Å². The summed E-state index contributed by atoms with van der Waals surface area (Å²) in [5.41, 5.74) is -2.28. The number of rotatable bonds is 8. The lowest BCUT2D eigenvalue weighted by atomic mass is 10.2. The number of alkyl halides is 3. The Morgan fingerprint density at radius 3 is 2.49 bits per heavy atom. The molecular formula is C22H24F3N7O4S. The summed E-state index contributed by atoms with van der Waals surface area (Å²) in [4.78, 5) is 21.8. The molecule has 0 saturated carbocycles. The maximum Gasteiger partial charge on any atom is 0.516 e. The predicted molar refractivity (Wildman–Crippen MR) is 128 cm³/mol. The number of nitrogens with zero attached hydrogens (tertiary/aromatic N) is 6. The average Bonchev–Trinajstić information content (AvgIpc) is 3.25. The smallest absolute Gasteiger partial charge is 0.380 e. The van der Waals surface area contributed by atoms with E-state index < -0.39 is 22.1 Å². The van der Waals surface area contributed by atoms with E-state index in [0.717, 1.165) is 11.1 Å². The standard InChI is InChI=1S/C22H24F3N7O4S/c1-3-18-19(31-12-16(13-36-2)11-27-21(31)29-18)20(33)26-10-15-4-6-17(7-5-15)32-9-8-30(14-28-32)37(34,35)22(23,24)25/h4-7,11-12,14H,3,8-10,13H2,1-2H3,(H,26,33). The highest BCUT2D eigenvalue weighted by Crippen LogP contribution is 2.27. The SMILES string of the molecule is CCc1nc2ncc(COC)cn2c1C(=O)NCc1ccc(N2CCN(S(=O)(=O)C(F)(F)F)C=N2)cc1. The average molecular weight is 540 g/mol. The van der Waals surface area contributed by atoms with Gasteiger partial charge in [-0.15, -0.1) is 0 Å². The fourth-order valence-corrected chi connectivity index (χ4v) is 4.49. The molecule has 0 unspecified atom stereocenters. The molecule has 0 fully saturated rings. The van der Waals surface area contributed by atoms with Gasteiger partial charge in [-0.25, -0.2) is 14.3 Å². The summed E-state index contributed by atoms with van der Waals surface area (Å²) in [5.74, 6) is 0.0891. The van der Waals surface area contributed by atoms with Gasteiger partial charge < -0.3 is 10.1 Å². The van der Waals surface area contributed by atoms with Crippen LogP contribution in [-0.4, -0.2) is 65.0 Å². The molecule has 1 aromatic carbocycles. The van der Waals surface area contributed by atoms with Crippen LogP contribution in [0, 0.1) is 0 Å². The van der Waals surface area contributed by atoms with Crippen LogP contribution in [0.4, 0.5) is 18.9 Å². The van der Waals surface area contributed by atoms with Crippen molar-refractivity contribution >= 4 is 33.7 Å². The van der Waals surface area contributed by atoms with Crippen LogP contribution < -0.4 is 10.3 Å². The van der Waals surface area contributed by atoms with E-state index in [9.17, 15) is 26.4 Å². The van der Waals surface area contributed by atoms with Crippen LogP contribution in [-0.2, 0) is 34.3 Å². The Bertz CT molecular complexity index is 1420. The van der Waals surface area contributed by atoms with Crippen LogP contribution in [0.25, 0.3) is 5.78 Å². The molecule has 1 aliphatic heterocycles. The van der Waals surface area contributed by atoms with Crippen molar-refractivity contribution in [2.45, 2.75) is 32.0 Å². The zero-order valence-corrected chi connectivity index (χ0v) is 20.8. The van der Waals surface area contributed by atoms with Crippen molar-refractivity contribution in [2.75, 3.05) is 25.2 Å². The third-order valence-corrected chi connectivity index (χ3v) is 7.09. The van der Waals surface area contributed by atoms with Crippen LogP contribution in [0.15, 0.2) is 41.8 Å². The number of nitrogens with one attached hydrogen (secondary N) is 1. The molecule has 11 nitrogen and oxygen atoms in total. The topological polar surface area (TPSA) is 121 Å². The van der Waals surface area contributed by atoms with Gasteiger partial charge in [0.25, 0.3) is 5.91 Å². The second kappa shape index (κ2) is 10.3. The molecule has 3 aromatic rings. The maximum atomic E-state index is 13.0. The first-order valence-electron chi connectivity index (χ1n) is 11.2. The summed E-state index contributed by atoms with van der Waals surface area (Å²) in [6, 6.07) is 6.83. The number of imidazole rings is 1. The van der Waals surface area contributed by atoms with Gasteiger partial charge in [0.05, 0.1) is 31.1 Å². The molecule has 2 aromatic heterocycles. The second-order valence-electron chi connectivity index (χ2n) is 8.09. The molecule has 37 heavy (non-hydrogen) atoms. The highest BCUT2D eigenvalue weighted by molar-refractivity contribution is 7.90. The molecule has 1 amide bonds. The van der Waals surface area contributed by atoms with Gasteiger partial charge in [-0.2, -0.15) is 26.7 Å². The molecule has 0 spiro atoms. The Morgan fingerprint density at radius 2 is 1.89 bits per heavy atom. The lowest BCUT2D eigenvalue weighted by Crippen LogP contribution is -2.46. The molecule has 1 N–H and O–H groups in total. The molecule has 1 aliphatic rings. The normalized spacial score (nSPS) is 14.4. The number of carbonyl (C=O) groups excluding carboxylic acids is 1. The number of aromatic nitrogens is 3. The zero-order valence-electron chi connectivity index (χ0n) is 19.9. The fourth-order valence-electron chi connectivity index (χ4n) is 3.74. The second-order valence-corrected chi connectivity index (χ2v) is 9.97. The number of ether oxygens (including phenoxy) is 1.